The lowest BCUT2D eigenvalue weighted by Gasteiger charge is -2.05. The molecule has 76 valence electrons. The van der Waals surface area contributed by atoms with Crippen LogP contribution in [0.1, 0.15) is 0 Å². The summed E-state index contributed by atoms with van der Waals surface area (Å²) in [7, 11) is 2.85. The Morgan fingerprint density at radius 1 is 1.36 bits per heavy atom. The summed E-state index contributed by atoms with van der Waals surface area (Å²) < 4.78 is 9.67. The molecular weight excluding hydrogens is 188 g/mol. The zero-order chi connectivity index (χ0) is 10.6. The number of methoxy groups -OCH3 is 2. The third kappa shape index (κ3) is 2.47. The van der Waals surface area contributed by atoms with Crippen molar-refractivity contribution in [2.75, 3.05) is 14.2 Å². The number of rotatable bonds is 3. The summed E-state index contributed by atoms with van der Waals surface area (Å²) in [5.74, 6) is 0.405. The molecule has 1 aromatic rings. The first-order valence-electron chi connectivity index (χ1n) is 3.64. The van der Waals surface area contributed by atoms with Crippen LogP contribution in [0.3, 0.4) is 0 Å². The fourth-order valence-electron chi connectivity index (χ4n) is 0.750. The summed E-state index contributed by atoms with van der Waals surface area (Å²) in [6.07, 6.45) is 0. The predicted octanol–water partition coefficient (Wildman–Crippen LogP) is -1.20. The molecule has 0 amide bonds. The summed E-state index contributed by atoms with van der Waals surface area (Å²) in [4.78, 5) is 10.9. The zero-order valence-electron chi connectivity index (χ0n) is 7.72. The SMILES string of the molecule is COc1cc(OC)nc(/N=C(\N)[O-])n1. The molecule has 0 aliphatic heterocycles. The van der Waals surface area contributed by atoms with Gasteiger partial charge in [-0.2, -0.15) is 9.97 Å². The zero-order valence-corrected chi connectivity index (χ0v) is 7.72. The van der Waals surface area contributed by atoms with Gasteiger partial charge in [0, 0.05) is 0 Å². The highest BCUT2D eigenvalue weighted by Crippen LogP contribution is 2.18. The van der Waals surface area contributed by atoms with Crippen LogP contribution in [0.15, 0.2) is 11.1 Å². The van der Waals surface area contributed by atoms with Crippen LogP contribution in [0.25, 0.3) is 0 Å². The molecule has 7 nitrogen and oxygen atoms in total. The average molecular weight is 197 g/mol. The Bertz CT molecular complexity index is 327. The number of hydrogen-bond acceptors (Lipinski definition) is 6. The van der Waals surface area contributed by atoms with Crippen LogP contribution in [0, 0.1) is 0 Å². The molecule has 14 heavy (non-hydrogen) atoms. The van der Waals surface area contributed by atoms with Crippen molar-refractivity contribution in [1.29, 1.82) is 0 Å². The van der Waals surface area contributed by atoms with Gasteiger partial charge in [0.25, 0.3) is 5.95 Å². The second-order valence-electron chi connectivity index (χ2n) is 2.20. The van der Waals surface area contributed by atoms with Gasteiger partial charge in [0.2, 0.25) is 11.8 Å². The number of nitrogens with zero attached hydrogens (tertiary/aromatic N) is 3. The second-order valence-corrected chi connectivity index (χ2v) is 2.20. The minimum Gasteiger partial charge on any atom is -0.846 e. The predicted molar refractivity (Wildman–Crippen MR) is 46.4 cm³/mol. The van der Waals surface area contributed by atoms with Crippen molar-refractivity contribution in [3.05, 3.63) is 6.07 Å². The Balaban J connectivity index is 3.10. The highest BCUT2D eigenvalue weighted by molar-refractivity contribution is 5.69. The number of aromatic nitrogens is 2. The van der Waals surface area contributed by atoms with E-state index in [2.05, 4.69) is 15.0 Å². The van der Waals surface area contributed by atoms with Gasteiger partial charge in [0.05, 0.1) is 26.3 Å². The maximum absolute atomic E-state index is 10.5. The lowest BCUT2D eigenvalue weighted by Crippen LogP contribution is -2.27. The molecule has 2 N–H and O–H groups in total. The van der Waals surface area contributed by atoms with Crippen LogP contribution >= 0.6 is 0 Å². The van der Waals surface area contributed by atoms with Crippen LogP contribution in [0.2, 0.25) is 0 Å². The maximum atomic E-state index is 10.5. The van der Waals surface area contributed by atoms with E-state index in [0.29, 0.717) is 0 Å². The van der Waals surface area contributed by atoms with Crippen LogP contribution < -0.4 is 20.3 Å². The van der Waals surface area contributed by atoms with Gasteiger partial charge in [-0.25, -0.2) is 4.99 Å². The number of amidine groups is 1. The molecule has 0 radical (unpaired) electrons. The van der Waals surface area contributed by atoms with Crippen LogP contribution in [0.5, 0.6) is 11.8 Å². The molecule has 0 spiro atoms. The molecule has 0 unspecified atom stereocenters. The lowest BCUT2D eigenvalue weighted by molar-refractivity contribution is -0.217. The summed E-state index contributed by atoms with van der Waals surface area (Å²) in [6, 6.07) is 0.584. The van der Waals surface area contributed by atoms with Gasteiger partial charge < -0.3 is 20.3 Å². The Labute approximate surface area is 80.2 Å². The normalized spacial score (nSPS) is 11.1. The van der Waals surface area contributed by atoms with Crippen molar-refractivity contribution in [3.8, 4) is 11.8 Å². The molecule has 1 aromatic heterocycles. The molecule has 7 heteroatoms. The largest absolute Gasteiger partial charge is 0.846 e. The van der Waals surface area contributed by atoms with Gasteiger partial charge in [-0.15, -0.1) is 0 Å². The first-order chi connectivity index (χ1) is 6.65. The number of nitrogens with two attached hydrogens (primary N) is 1. The Hall–Kier alpha value is -2.05. The van der Waals surface area contributed by atoms with E-state index in [9.17, 15) is 5.11 Å². The highest BCUT2D eigenvalue weighted by atomic mass is 16.5. The first-order valence-corrected chi connectivity index (χ1v) is 3.64. The maximum Gasteiger partial charge on any atom is 0.256 e. The van der Waals surface area contributed by atoms with Gasteiger partial charge in [-0.05, 0) is 0 Å². The lowest BCUT2D eigenvalue weighted by atomic mass is 10.6. The van der Waals surface area contributed by atoms with Crippen LogP contribution in [-0.2, 0) is 0 Å². The number of hydrogen-bond donors (Lipinski definition) is 1. The van der Waals surface area contributed by atoms with Crippen molar-refractivity contribution >= 4 is 12.0 Å². The van der Waals surface area contributed by atoms with Crippen molar-refractivity contribution in [3.63, 3.8) is 0 Å². The molecule has 0 aromatic carbocycles. The van der Waals surface area contributed by atoms with Gasteiger partial charge in [-0.1, -0.05) is 0 Å². The second kappa shape index (κ2) is 4.26. The third-order valence-electron chi connectivity index (χ3n) is 1.30. The monoisotopic (exact) mass is 197 g/mol. The van der Waals surface area contributed by atoms with E-state index in [1.54, 1.807) is 0 Å². The minimum absolute atomic E-state index is 0.0892. The minimum atomic E-state index is -0.875. The topological polar surface area (TPSA) is 106 Å². The molecule has 0 fully saturated rings. The summed E-state index contributed by atoms with van der Waals surface area (Å²) in [5, 5.41) is 10.5. The van der Waals surface area contributed by atoms with Gasteiger partial charge in [0.15, 0.2) is 0 Å². The van der Waals surface area contributed by atoms with Crippen molar-refractivity contribution in [1.82, 2.24) is 9.97 Å². The summed E-state index contributed by atoms with van der Waals surface area (Å²) >= 11 is 0. The molecule has 0 aliphatic rings. The Kier molecular flexibility index (Phi) is 3.05. The van der Waals surface area contributed by atoms with Gasteiger partial charge >= 0.3 is 0 Å². The van der Waals surface area contributed by atoms with Gasteiger partial charge in [-0.3, -0.25) is 0 Å². The first kappa shape index (κ1) is 10.0. The molecule has 0 saturated carbocycles. The Morgan fingerprint density at radius 2 is 1.86 bits per heavy atom. The number of aliphatic imine (C=N–C) groups is 1. The van der Waals surface area contributed by atoms with E-state index in [1.807, 2.05) is 0 Å². The average Bonchev–Trinajstić information content (AvgIpc) is 2.16. The quantitative estimate of drug-likeness (QED) is 0.482. The number of ether oxygens (including phenoxy) is 2. The molecule has 0 aliphatic carbocycles. The Morgan fingerprint density at radius 3 is 2.21 bits per heavy atom. The van der Waals surface area contributed by atoms with E-state index in [-0.39, 0.29) is 17.7 Å². The fraction of sp³-hybridized carbons (Fsp3) is 0.286. The molecular formula is C7H9N4O3-. The van der Waals surface area contributed by atoms with E-state index in [0.717, 1.165) is 0 Å². The van der Waals surface area contributed by atoms with E-state index in [4.69, 9.17) is 15.2 Å². The molecule has 0 bridgehead atoms. The van der Waals surface area contributed by atoms with Crippen molar-refractivity contribution in [2.45, 2.75) is 0 Å². The fourth-order valence-corrected chi connectivity index (χ4v) is 0.750. The molecule has 1 rings (SSSR count). The van der Waals surface area contributed by atoms with Crippen LogP contribution in [0.4, 0.5) is 5.95 Å². The smallest absolute Gasteiger partial charge is 0.256 e. The molecule has 1 heterocycles. The van der Waals surface area contributed by atoms with E-state index >= 15 is 0 Å². The summed E-state index contributed by atoms with van der Waals surface area (Å²) in [6.45, 7) is 0. The van der Waals surface area contributed by atoms with Crippen molar-refractivity contribution < 1.29 is 14.6 Å². The standard InChI is InChI=1S/C7H10N4O3/c1-13-4-3-5(14-2)10-7(9-4)11-6(8)12/h3H,1-2H3,(H3,8,9,10,11,12)/p-1. The molecule has 0 atom stereocenters. The van der Waals surface area contributed by atoms with Crippen LogP contribution in [-0.4, -0.2) is 30.2 Å². The molecule has 0 saturated heterocycles. The van der Waals surface area contributed by atoms with E-state index in [1.165, 1.54) is 20.3 Å². The van der Waals surface area contributed by atoms with Crippen molar-refractivity contribution in [2.24, 2.45) is 10.7 Å². The summed E-state index contributed by atoms with van der Waals surface area (Å²) in [5.41, 5.74) is 4.84. The third-order valence-corrected chi connectivity index (χ3v) is 1.30. The van der Waals surface area contributed by atoms with Gasteiger partial charge in [0.1, 0.15) is 0 Å². The van der Waals surface area contributed by atoms with E-state index < -0.39 is 6.02 Å². The highest BCUT2D eigenvalue weighted by Gasteiger charge is 2.03.